The standard InChI is InChI=1S/C22H18FNO3S/c1-27-21-8-3-2-7-19(21)20(25)14-28-18-6-4-5-17(13-18)24-22(26)15-9-11-16(23)12-10-15/h2-13H,14H2,1H3,(H,24,26). The molecule has 0 saturated carbocycles. The maximum absolute atomic E-state index is 13.0. The van der Waals surface area contributed by atoms with Crippen LogP contribution in [0.5, 0.6) is 5.75 Å². The van der Waals surface area contributed by atoms with Gasteiger partial charge in [-0.05, 0) is 54.6 Å². The molecule has 0 aromatic heterocycles. The van der Waals surface area contributed by atoms with Gasteiger partial charge in [0, 0.05) is 16.1 Å². The molecule has 28 heavy (non-hydrogen) atoms. The molecule has 0 aliphatic heterocycles. The van der Waals surface area contributed by atoms with Gasteiger partial charge in [0.2, 0.25) is 0 Å². The van der Waals surface area contributed by atoms with Crippen molar-refractivity contribution in [2.45, 2.75) is 4.90 Å². The third-order valence-corrected chi connectivity index (χ3v) is 4.97. The molecule has 4 nitrogen and oxygen atoms in total. The number of anilines is 1. The monoisotopic (exact) mass is 395 g/mol. The smallest absolute Gasteiger partial charge is 0.255 e. The second-order valence-electron chi connectivity index (χ2n) is 5.90. The number of methoxy groups -OCH3 is 1. The summed E-state index contributed by atoms with van der Waals surface area (Å²) in [4.78, 5) is 25.6. The summed E-state index contributed by atoms with van der Waals surface area (Å²) in [5.74, 6) is 0.0361. The number of hydrogen-bond donors (Lipinski definition) is 1. The van der Waals surface area contributed by atoms with Crippen LogP contribution in [0.4, 0.5) is 10.1 Å². The predicted molar refractivity (Wildman–Crippen MR) is 109 cm³/mol. The number of carbonyl (C=O) groups excluding carboxylic acids is 2. The van der Waals surface area contributed by atoms with Crippen LogP contribution in [-0.4, -0.2) is 24.6 Å². The molecule has 0 heterocycles. The summed E-state index contributed by atoms with van der Waals surface area (Å²) < 4.78 is 18.2. The fourth-order valence-corrected chi connectivity index (χ4v) is 3.41. The van der Waals surface area contributed by atoms with Gasteiger partial charge < -0.3 is 10.1 Å². The third-order valence-electron chi connectivity index (χ3n) is 3.98. The number of halogens is 1. The second-order valence-corrected chi connectivity index (χ2v) is 6.95. The highest BCUT2D eigenvalue weighted by Crippen LogP contribution is 2.25. The molecule has 3 aromatic rings. The topological polar surface area (TPSA) is 55.4 Å². The summed E-state index contributed by atoms with van der Waals surface area (Å²) in [5, 5.41) is 2.78. The molecule has 142 valence electrons. The Morgan fingerprint density at radius 3 is 2.50 bits per heavy atom. The lowest BCUT2D eigenvalue weighted by atomic mass is 10.1. The van der Waals surface area contributed by atoms with E-state index in [1.807, 2.05) is 12.1 Å². The van der Waals surface area contributed by atoms with Crippen molar-refractivity contribution in [2.75, 3.05) is 18.2 Å². The number of benzene rings is 3. The molecule has 3 rings (SSSR count). The zero-order valence-corrected chi connectivity index (χ0v) is 16.0. The minimum Gasteiger partial charge on any atom is -0.496 e. The van der Waals surface area contributed by atoms with E-state index in [1.54, 1.807) is 36.4 Å². The van der Waals surface area contributed by atoms with Gasteiger partial charge in [0.15, 0.2) is 5.78 Å². The lowest BCUT2D eigenvalue weighted by Gasteiger charge is -2.09. The van der Waals surface area contributed by atoms with Gasteiger partial charge in [-0.3, -0.25) is 9.59 Å². The molecule has 0 spiro atoms. The van der Waals surface area contributed by atoms with E-state index in [2.05, 4.69) is 5.32 Å². The fraction of sp³-hybridized carbons (Fsp3) is 0.0909. The molecule has 0 aliphatic carbocycles. The normalized spacial score (nSPS) is 10.4. The Labute approximate surface area is 166 Å². The highest BCUT2D eigenvalue weighted by atomic mass is 32.2. The van der Waals surface area contributed by atoms with Crippen molar-refractivity contribution in [1.82, 2.24) is 0 Å². The van der Waals surface area contributed by atoms with Crippen molar-refractivity contribution in [3.63, 3.8) is 0 Å². The number of thioether (sulfide) groups is 1. The number of ether oxygens (including phenoxy) is 1. The van der Waals surface area contributed by atoms with E-state index in [0.29, 0.717) is 22.6 Å². The number of Topliss-reactive ketones (excluding diaryl/α,β-unsaturated/α-hetero) is 1. The van der Waals surface area contributed by atoms with Crippen LogP contribution in [0.1, 0.15) is 20.7 Å². The minimum absolute atomic E-state index is 0.0387. The first-order valence-electron chi connectivity index (χ1n) is 8.53. The summed E-state index contributed by atoms with van der Waals surface area (Å²) in [5.41, 5.74) is 1.51. The second kappa shape index (κ2) is 9.19. The molecule has 6 heteroatoms. The van der Waals surface area contributed by atoms with Crippen molar-refractivity contribution in [3.8, 4) is 5.75 Å². The van der Waals surface area contributed by atoms with Crippen molar-refractivity contribution in [1.29, 1.82) is 0 Å². The summed E-state index contributed by atoms with van der Waals surface area (Å²) in [6.45, 7) is 0. The molecule has 0 aliphatic rings. The van der Waals surface area contributed by atoms with Crippen LogP contribution in [-0.2, 0) is 0 Å². The van der Waals surface area contributed by atoms with Crippen LogP contribution < -0.4 is 10.1 Å². The highest BCUT2D eigenvalue weighted by Gasteiger charge is 2.12. The first kappa shape index (κ1) is 19.6. The molecule has 0 atom stereocenters. The van der Waals surface area contributed by atoms with E-state index in [4.69, 9.17) is 4.74 Å². The maximum atomic E-state index is 13.0. The van der Waals surface area contributed by atoms with Crippen LogP contribution in [0.25, 0.3) is 0 Å². The molecular formula is C22H18FNO3S. The first-order chi connectivity index (χ1) is 13.6. The molecule has 0 radical (unpaired) electrons. The largest absolute Gasteiger partial charge is 0.496 e. The molecule has 0 unspecified atom stereocenters. The van der Waals surface area contributed by atoms with Crippen LogP contribution in [0.15, 0.2) is 77.7 Å². The molecular weight excluding hydrogens is 377 g/mol. The number of nitrogens with one attached hydrogen (secondary N) is 1. The Balaban J connectivity index is 1.64. The van der Waals surface area contributed by atoms with Gasteiger partial charge in [0.05, 0.1) is 18.4 Å². The van der Waals surface area contributed by atoms with E-state index in [0.717, 1.165) is 4.90 Å². The molecule has 0 bridgehead atoms. The molecule has 1 amide bonds. The highest BCUT2D eigenvalue weighted by molar-refractivity contribution is 8.00. The number of para-hydroxylation sites is 1. The number of rotatable bonds is 7. The van der Waals surface area contributed by atoms with Crippen LogP contribution >= 0.6 is 11.8 Å². The van der Waals surface area contributed by atoms with Gasteiger partial charge in [0.25, 0.3) is 5.91 Å². The lowest BCUT2D eigenvalue weighted by Crippen LogP contribution is -2.11. The Hall–Kier alpha value is -3.12. The Kier molecular flexibility index (Phi) is 6.45. The maximum Gasteiger partial charge on any atom is 0.255 e. The predicted octanol–water partition coefficient (Wildman–Crippen LogP) is 5.06. The quantitative estimate of drug-likeness (QED) is 0.449. The SMILES string of the molecule is COc1ccccc1C(=O)CSc1cccc(NC(=O)c2ccc(F)cc2)c1. The number of amides is 1. The average Bonchev–Trinajstić information content (AvgIpc) is 2.72. The first-order valence-corrected chi connectivity index (χ1v) is 9.51. The van der Waals surface area contributed by atoms with Crippen molar-refractivity contribution < 1.29 is 18.7 Å². The van der Waals surface area contributed by atoms with Gasteiger partial charge in [0.1, 0.15) is 11.6 Å². The van der Waals surface area contributed by atoms with E-state index in [1.165, 1.54) is 43.1 Å². The summed E-state index contributed by atoms with van der Waals surface area (Å²) in [6.07, 6.45) is 0. The van der Waals surface area contributed by atoms with Gasteiger partial charge in [-0.25, -0.2) is 4.39 Å². The van der Waals surface area contributed by atoms with Gasteiger partial charge in [-0.1, -0.05) is 18.2 Å². The summed E-state index contributed by atoms with van der Waals surface area (Å²) >= 11 is 1.38. The Bertz CT molecular complexity index is 989. The zero-order chi connectivity index (χ0) is 19.9. The van der Waals surface area contributed by atoms with E-state index < -0.39 is 5.82 Å². The van der Waals surface area contributed by atoms with Gasteiger partial charge in [-0.2, -0.15) is 0 Å². The van der Waals surface area contributed by atoms with Gasteiger partial charge >= 0.3 is 0 Å². The minimum atomic E-state index is -0.394. The number of ketones is 1. The van der Waals surface area contributed by atoms with Crippen LogP contribution in [0.3, 0.4) is 0 Å². The van der Waals surface area contributed by atoms with Crippen LogP contribution in [0, 0.1) is 5.82 Å². The van der Waals surface area contributed by atoms with E-state index in [9.17, 15) is 14.0 Å². The lowest BCUT2D eigenvalue weighted by molar-refractivity contribution is 0.101. The van der Waals surface area contributed by atoms with E-state index >= 15 is 0 Å². The fourth-order valence-electron chi connectivity index (χ4n) is 2.57. The van der Waals surface area contributed by atoms with Crippen LogP contribution in [0.2, 0.25) is 0 Å². The molecule has 0 saturated heterocycles. The van der Waals surface area contributed by atoms with Crippen molar-refractivity contribution in [2.24, 2.45) is 0 Å². The molecule has 0 fully saturated rings. The average molecular weight is 395 g/mol. The summed E-state index contributed by atoms with van der Waals surface area (Å²) in [6, 6.07) is 19.7. The number of carbonyl (C=O) groups is 2. The summed E-state index contributed by atoms with van der Waals surface area (Å²) in [7, 11) is 1.53. The van der Waals surface area contributed by atoms with Crippen molar-refractivity contribution >= 4 is 29.1 Å². The van der Waals surface area contributed by atoms with Gasteiger partial charge in [-0.15, -0.1) is 11.8 Å². The Morgan fingerprint density at radius 1 is 1.00 bits per heavy atom. The molecule has 1 N–H and O–H groups in total. The third kappa shape index (κ3) is 4.98. The Morgan fingerprint density at radius 2 is 1.75 bits per heavy atom. The van der Waals surface area contributed by atoms with Crippen molar-refractivity contribution in [3.05, 3.63) is 89.7 Å². The molecule has 3 aromatic carbocycles. The zero-order valence-electron chi connectivity index (χ0n) is 15.1. The van der Waals surface area contributed by atoms with E-state index in [-0.39, 0.29) is 17.4 Å². The number of hydrogen-bond acceptors (Lipinski definition) is 4.